The van der Waals surface area contributed by atoms with Crippen molar-refractivity contribution in [2.24, 2.45) is 5.92 Å². The van der Waals surface area contributed by atoms with E-state index < -0.39 is 0 Å². The summed E-state index contributed by atoms with van der Waals surface area (Å²) >= 11 is 0. The van der Waals surface area contributed by atoms with Gasteiger partial charge in [0.25, 0.3) is 0 Å². The van der Waals surface area contributed by atoms with Crippen LogP contribution in [0.2, 0.25) is 0 Å². The monoisotopic (exact) mass is 180 g/mol. The molecule has 0 radical (unpaired) electrons. The van der Waals surface area contributed by atoms with Crippen molar-refractivity contribution >= 4 is 0 Å². The molecule has 0 aromatic carbocycles. The molecule has 0 fully saturated rings. The zero-order valence-corrected chi connectivity index (χ0v) is 8.21. The summed E-state index contributed by atoms with van der Waals surface area (Å²) in [4.78, 5) is 4.21. The highest BCUT2D eigenvalue weighted by atomic mass is 16.3. The maximum atomic E-state index is 5.24. The van der Waals surface area contributed by atoms with Crippen LogP contribution in [0, 0.1) is 5.92 Å². The van der Waals surface area contributed by atoms with Crippen LogP contribution in [0.5, 0.6) is 0 Å². The lowest BCUT2D eigenvalue weighted by Gasteiger charge is -2.23. The van der Waals surface area contributed by atoms with Gasteiger partial charge in [0.05, 0.1) is 12.2 Å². The van der Waals surface area contributed by atoms with Crippen LogP contribution in [0.3, 0.4) is 0 Å². The molecule has 2 heterocycles. The van der Waals surface area contributed by atoms with Gasteiger partial charge in [-0.25, -0.2) is 4.98 Å². The van der Waals surface area contributed by atoms with E-state index in [0.29, 0.717) is 6.04 Å². The summed E-state index contributed by atoms with van der Waals surface area (Å²) in [6.07, 6.45) is 3.78. The highest BCUT2D eigenvalue weighted by molar-refractivity contribution is 5.12. The van der Waals surface area contributed by atoms with E-state index in [2.05, 4.69) is 24.1 Å². The van der Waals surface area contributed by atoms with E-state index in [-0.39, 0.29) is 0 Å². The molecule has 1 aromatic heterocycles. The summed E-state index contributed by atoms with van der Waals surface area (Å²) in [5.41, 5.74) is 1.14. The molecule has 0 bridgehead atoms. The van der Waals surface area contributed by atoms with E-state index in [4.69, 9.17) is 4.42 Å². The molecule has 3 heteroatoms. The molecular weight excluding hydrogens is 164 g/mol. The number of aromatic nitrogens is 1. The first kappa shape index (κ1) is 8.75. The van der Waals surface area contributed by atoms with Crippen molar-refractivity contribution < 1.29 is 4.42 Å². The van der Waals surface area contributed by atoms with Crippen molar-refractivity contribution in [3.8, 4) is 0 Å². The normalized spacial score (nSPS) is 21.9. The lowest BCUT2D eigenvalue weighted by Crippen LogP contribution is -2.36. The van der Waals surface area contributed by atoms with Crippen LogP contribution in [-0.4, -0.2) is 11.0 Å². The van der Waals surface area contributed by atoms with Gasteiger partial charge in [-0.05, 0) is 12.3 Å². The quantitative estimate of drug-likeness (QED) is 0.753. The largest absolute Gasteiger partial charge is 0.447 e. The summed E-state index contributed by atoms with van der Waals surface area (Å²) in [7, 11) is 0. The van der Waals surface area contributed by atoms with Crippen LogP contribution in [-0.2, 0) is 13.0 Å². The molecule has 2 rings (SSSR count). The maximum absolute atomic E-state index is 5.24. The molecule has 72 valence electrons. The third-order valence-corrected chi connectivity index (χ3v) is 2.47. The minimum atomic E-state index is 0.581. The van der Waals surface area contributed by atoms with Gasteiger partial charge in [0.15, 0.2) is 6.39 Å². The van der Waals surface area contributed by atoms with E-state index in [1.54, 1.807) is 6.39 Å². The first-order valence-electron chi connectivity index (χ1n) is 4.90. The number of rotatable bonds is 2. The van der Waals surface area contributed by atoms with Gasteiger partial charge in [-0.1, -0.05) is 13.8 Å². The first-order chi connectivity index (χ1) is 6.25. The van der Waals surface area contributed by atoms with Crippen molar-refractivity contribution in [3.05, 3.63) is 17.8 Å². The molecule has 3 nitrogen and oxygen atoms in total. The molecule has 1 aliphatic rings. The Labute approximate surface area is 78.5 Å². The van der Waals surface area contributed by atoms with E-state index in [9.17, 15) is 0 Å². The second kappa shape index (κ2) is 3.50. The van der Waals surface area contributed by atoms with Crippen LogP contribution in [0.1, 0.15) is 31.7 Å². The van der Waals surface area contributed by atoms with Gasteiger partial charge >= 0.3 is 0 Å². The Bertz CT molecular complexity index is 280. The first-order valence-corrected chi connectivity index (χ1v) is 4.90. The average Bonchev–Trinajstić information content (AvgIpc) is 2.49. The van der Waals surface area contributed by atoms with Crippen LogP contribution in [0.25, 0.3) is 0 Å². The smallest absolute Gasteiger partial charge is 0.181 e. The summed E-state index contributed by atoms with van der Waals surface area (Å²) in [6, 6.07) is 0.581. The molecule has 1 aromatic rings. The molecule has 0 aliphatic carbocycles. The second-order valence-corrected chi connectivity index (χ2v) is 4.13. The van der Waals surface area contributed by atoms with Crippen LogP contribution in [0.15, 0.2) is 10.8 Å². The van der Waals surface area contributed by atoms with Gasteiger partial charge in [-0.3, -0.25) is 0 Å². The number of hydrogen-bond donors (Lipinski definition) is 1. The van der Waals surface area contributed by atoms with Gasteiger partial charge in [0.2, 0.25) is 0 Å². The Morgan fingerprint density at radius 3 is 3.31 bits per heavy atom. The molecule has 0 spiro atoms. The van der Waals surface area contributed by atoms with Crippen molar-refractivity contribution in [1.29, 1.82) is 0 Å². The zero-order valence-electron chi connectivity index (χ0n) is 8.21. The van der Waals surface area contributed by atoms with E-state index in [0.717, 1.165) is 30.3 Å². The van der Waals surface area contributed by atoms with E-state index >= 15 is 0 Å². The molecule has 0 saturated heterocycles. The number of nitrogens with one attached hydrogen (secondary N) is 1. The third-order valence-electron chi connectivity index (χ3n) is 2.47. The summed E-state index contributed by atoms with van der Waals surface area (Å²) in [6.45, 7) is 5.34. The lowest BCUT2D eigenvalue weighted by molar-refractivity contribution is 0.364. The Balaban J connectivity index is 2.00. The van der Waals surface area contributed by atoms with Gasteiger partial charge in [-0.2, -0.15) is 0 Å². The molecule has 1 unspecified atom stereocenters. The third kappa shape index (κ3) is 1.91. The standard InChI is InChI=1S/C10H16N2O/c1-7(2)3-8-4-9-10(5-11-8)13-6-12-9/h6-8,11H,3-5H2,1-2H3. The SMILES string of the molecule is CC(C)CC1Cc2ncoc2CN1. The number of nitrogens with zero attached hydrogens (tertiary/aromatic N) is 1. The molecule has 0 amide bonds. The summed E-state index contributed by atoms with van der Waals surface area (Å²) in [5, 5.41) is 3.46. The Morgan fingerprint density at radius 2 is 2.54 bits per heavy atom. The van der Waals surface area contributed by atoms with Crippen LogP contribution >= 0.6 is 0 Å². The van der Waals surface area contributed by atoms with Gasteiger partial charge < -0.3 is 9.73 Å². The lowest BCUT2D eigenvalue weighted by atomic mass is 9.97. The predicted octanol–water partition coefficient (Wildman–Crippen LogP) is 1.73. The molecule has 0 saturated carbocycles. The maximum Gasteiger partial charge on any atom is 0.181 e. The second-order valence-electron chi connectivity index (χ2n) is 4.13. The number of hydrogen-bond acceptors (Lipinski definition) is 3. The van der Waals surface area contributed by atoms with Crippen molar-refractivity contribution in [2.45, 2.75) is 39.3 Å². The highest BCUT2D eigenvalue weighted by Crippen LogP contribution is 2.18. The van der Waals surface area contributed by atoms with Crippen molar-refractivity contribution in [1.82, 2.24) is 10.3 Å². The fourth-order valence-corrected chi connectivity index (χ4v) is 1.88. The van der Waals surface area contributed by atoms with Gasteiger partial charge in [-0.15, -0.1) is 0 Å². The fraction of sp³-hybridized carbons (Fsp3) is 0.700. The highest BCUT2D eigenvalue weighted by Gasteiger charge is 2.21. The Hall–Kier alpha value is -0.830. The van der Waals surface area contributed by atoms with E-state index in [1.165, 1.54) is 6.42 Å². The fourth-order valence-electron chi connectivity index (χ4n) is 1.88. The minimum Gasteiger partial charge on any atom is -0.447 e. The molecular formula is C10H16N2O. The van der Waals surface area contributed by atoms with Crippen LogP contribution in [0.4, 0.5) is 0 Å². The predicted molar refractivity (Wildman–Crippen MR) is 50.3 cm³/mol. The Morgan fingerprint density at radius 1 is 1.69 bits per heavy atom. The summed E-state index contributed by atoms with van der Waals surface area (Å²) < 4.78 is 5.24. The molecule has 13 heavy (non-hydrogen) atoms. The number of fused-ring (bicyclic) bond motifs is 1. The molecule has 1 atom stereocenters. The van der Waals surface area contributed by atoms with Crippen LogP contribution < -0.4 is 5.32 Å². The van der Waals surface area contributed by atoms with Gasteiger partial charge in [0, 0.05) is 12.5 Å². The topological polar surface area (TPSA) is 38.1 Å². The summed E-state index contributed by atoms with van der Waals surface area (Å²) in [5.74, 6) is 1.76. The van der Waals surface area contributed by atoms with Crippen molar-refractivity contribution in [3.63, 3.8) is 0 Å². The van der Waals surface area contributed by atoms with Crippen molar-refractivity contribution in [2.75, 3.05) is 0 Å². The van der Waals surface area contributed by atoms with E-state index in [1.807, 2.05) is 0 Å². The Kier molecular flexibility index (Phi) is 2.36. The molecule has 1 aliphatic heterocycles. The average molecular weight is 180 g/mol. The zero-order chi connectivity index (χ0) is 9.26. The number of oxazole rings is 1. The minimum absolute atomic E-state index is 0.581. The molecule has 1 N–H and O–H groups in total. The van der Waals surface area contributed by atoms with Gasteiger partial charge in [0.1, 0.15) is 5.76 Å².